The predicted molar refractivity (Wildman–Crippen MR) is 67.8 cm³/mol. The first-order chi connectivity index (χ1) is 10.6. The molecule has 2 aliphatic rings. The van der Waals surface area contributed by atoms with Crippen molar-refractivity contribution >= 4 is 5.97 Å². The van der Waals surface area contributed by atoms with E-state index in [4.69, 9.17) is 19.3 Å². The summed E-state index contributed by atoms with van der Waals surface area (Å²) in [6.07, 6.45) is -16.5. The molecular formula is C12H20O11. The summed E-state index contributed by atoms with van der Waals surface area (Å²) < 4.78 is 14.9. The van der Waals surface area contributed by atoms with Crippen molar-refractivity contribution in [2.75, 3.05) is 0 Å². The zero-order valence-corrected chi connectivity index (χ0v) is 12.0. The normalized spacial score (nSPS) is 51.4. The van der Waals surface area contributed by atoms with Crippen molar-refractivity contribution in [3.63, 3.8) is 0 Å². The molecule has 0 aromatic carbocycles. The van der Waals surface area contributed by atoms with Gasteiger partial charge in [0.05, 0.1) is 6.10 Å². The van der Waals surface area contributed by atoms with E-state index in [0.29, 0.717) is 0 Å². The van der Waals surface area contributed by atoms with Crippen LogP contribution in [0, 0.1) is 0 Å². The van der Waals surface area contributed by atoms with Crippen LogP contribution in [0.2, 0.25) is 0 Å². The molecule has 0 spiro atoms. The molecule has 23 heavy (non-hydrogen) atoms. The summed E-state index contributed by atoms with van der Waals surface area (Å²) in [4.78, 5) is 11.0. The lowest BCUT2D eigenvalue weighted by Crippen LogP contribution is -2.64. The number of rotatable bonds is 3. The molecule has 0 aliphatic carbocycles. The number of carbonyl (C=O) groups is 1. The van der Waals surface area contributed by atoms with E-state index in [-0.39, 0.29) is 0 Å². The minimum atomic E-state index is -1.89. The third-order valence-electron chi connectivity index (χ3n) is 3.90. The molecule has 0 bridgehead atoms. The van der Waals surface area contributed by atoms with Crippen LogP contribution in [0.5, 0.6) is 0 Å². The summed E-state index contributed by atoms with van der Waals surface area (Å²) in [7, 11) is 0. The molecule has 2 fully saturated rings. The Kier molecular flexibility index (Phi) is 5.56. The molecule has 2 aliphatic heterocycles. The number of hydrogen-bond donors (Lipinski definition) is 7. The van der Waals surface area contributed by atoms with Crippen LogP contribution in [0.1, 0.15) is 6.92 Å². The Morgan fingerprint density at radius 3 is 2.04 bits per heavy atom. The number of aliphatic hydroxyl groups is 6. The third kappa shape index (κ3) is 3.47. The lowest BCUT2D eigenvalue weighted by atomic mass is 9.97. The van der Waals surface area contributed by atoms with Crippen LogP contribution < -0.4 is 0 Å². The first-order valence-corrected chi connectivity index (χ1v) is 6.92. The second kappa shape index (κ2) is 6.93. The van der Waals surface area contributed by atoms with Crippen molar-refractivity contribution in [2.24, 2.45) is 0 Å². The van der Waals surface area contributed by atoms with E-state index < -0.39 is 67.4 Å². The van der Waals surface area contributed by atoms with Gasteiger partial charge in [-0.2, -0.15) is 0 Å². The van der Waals surface area contributed by atoms with Crippen molar-refractivity contribution in [1.29, 1.82) is 0 Å². The summed E-state index contributed by atoms with van der Waals surface area (Å²) in [6.45, 7) is 1.40. The Balaban J connectivity index is 2.15. The van der Waals surface area contributed by atoms with E-state index in [1.54, 1.807) is 0 Å². The number of aliphatic carboxylic acids is 1. The summed E-state index contributed by atoms with van der Waals surface area (Å²) in [5, 5.41) is 67.3. The van der Waals surface area contributed by atoms with Gasteiger partial charge in [-0.15, -0.1) is 0 Å². The first kappa shape index (κ1) is 18.4. The highest BCUT2D eigenvalue weighted by atomic mass is 16.7. The van der Waals surface area contributed by atoms with Crippen LogP contribution in [0.25, 0.3) is 0 Å². The summed E-state index contributed by atoms with van der Waals surface area (Å²) in [6, 6.07) is 0. The first-order valence-electron chi connectivity index (χ1n) is 6.92. The fraction of sp³-hybridized carbons (Fsp3) is 0.917. The molecule has 2 saturated heterocycles. The van der Waals surface area contributed by atoms with Crippen LogP contribution >= 0.6 is 0 Å². The topological polar surface area (TPSA) is 186 Å². The maximum Gasteiger partial charge on any atom is 0.335 e. The minimum Gasteiger partial charge on any atom is -0.479 e. The molecule has 0 radical (unpaired) electrons. The van der Waals surface area contributed by atoms with Gasteiger partial charge >= 0.3 is 5.97 Å². The number of hydrogen-bond acceptors (Lipinski definition) is 10. The average Bonchev–Trinajstić information content (AvgIpc) is 2.49. The lowest BCUT2D eigenvalue weighted by molar-refractivity contribution is -0.348. The smallest absolute Gasteiger partial charge is 0.335 e. The fourth-order valence-electron chi connectivity index (χ4n) is 2.49. The zero-order valence-electron chi connectivity index (χ0n) is 12.0. The molecule has 2 heterocycles. The monoisotopic (exact) mass is 340 g/mol. The molecule has 11 nitrogen and oxygen atoms in total. The van der Waals surface area contributed by atoms with Gasteiger partial charge in [-0.3, -0.25) is 0 Å². The Morgan fingerprint density at radius 2 is 1.48 bits per heavy atom. The summed E-state index contributed by atoms with van der Waals surface area (Å²) in [5.74, 6) is -1.60. The lowest BCUT2D eigenvalue weighted by Gasteiger charge is -2.44. The quantitative estimate of drug-likeness (QED) is 0.263. The molecule has 0 aromatic heterocycles. The molecule has 134 valence electrons. The Hall–Kier alpha value is -0.890. The molecule has 10 atom stereocenters. The van der Waals surface area contributed by atoms with Gasteiger partial charge in [-0.05, 0) is 6.92 Å². The maximum absolute atomic E-state index is 11.0. The van der Waals surface area contributed by atoms with E-state index in [2.05, 4.69) is 0 Å². The number of aliphatic hydroxyl groups excluding tert-OH is 6. The number of carboxylic acid groups (broad SMARTS) is 1. The van der Waals surface area contributed by atoms with Crippen molar-refractivity contribution in [3.05, 3.63) is 0 Å². The average molecular weight is 340 g/mol. The number of carboxylic acids is 1. The van der Waals surface area contributed by atoms with E-state index in [1.807, 2.05) is 0 Å². The maximum atomic E-state index is 11.0. The van der Waals surface area contributed by atoms with Crippen molar-refractivity contribution in [1.82, 2.24) is 0 Å². The van der Waals surface area contributed by atoms with E-state index >= 15 is 0 Å². The second-order valence-corrected chi connectivity index (χ2v) is 5.55. The minimum absolute atomic E-state index is 0.926. The highest BCUT2D eigenvalue weighted by molar-refractivity contribution is 5.73. The molecule has 0 amide bonds. The van der Waals surface area contributed by atoms with Gasteiger partial charge in [-0.25, -0.2) is 4.79 Å². The van der Waals surface area contributed by atoms with Gasteiger partial charge in [0.15, 0.2) is 18.7 Å². The van der Waals surface area contributed by atoms with Crippen molar-refractivity contribution in [2.45, 2.75) is 68.3 Å². The van der Waals surface area contributed by atoms with Crippen molar-refractivity contribution < 1.29 is 54.8 Å². The van der Waals surface area contributed by atoms with Gasteiger partial charge in [0.2, 0.25) is 0 Å². The Morgan fingerprint density at radius 1 is 0.870 bits per heavy atom. The standard InChI is InChI=1S/C12H20O11/c1-2-3(13)8(7(17)11(20)21-2)22-12-6(16)4(14)5(15)9(23-12)10(18)19/h2-9,11-17,20H,1H3,(H,18,19)/t2-,3+,4-,5-,6+,7-,8+,9-,11-,12-/m0/s1. The van der Waals surface area contributed by atoms with Crippen LogP contribution in [-0.4, -0.2) is 103 Å². The largest absolute Gasteiger partial charge is 0.479 e. The summed E-state index contributed by atoms with van der Waals surface area (Å²) >= 11 is 0. The molecule has 0 unspecified atom stereocenters. The van der Waals surface area contributed by atoms with Gasteiger partial charge in [0.1, 0.15) is 36.6 Å². The highest BCUT2D eigenvalue weighted by Crippen LogP contribution is 2.28. The SMILES string of the molecule is C[C@@H]1O[C@H](O)[C@@H](O)[C@H](O[C@H]2O[C@H](C(=O)O)[C@@H](O)[C@H](O)[C@H]2O)[C@@H]1O. The van der Waals surface area contributed by atoms with E-state index in [9.17, 15) is 35.4 Å². The molecule has 11 heteroatoms. The molecule has 7 N–H and O–H groups in total. The second-order valence-electron chi connectivity index (χ2n) is 5.55. The van der Waals surface area contributed by atoms with E-state index in [0.717, 1.165) is 0 Å². The van der Waals surface area contributed by atoms with Crippen LogP contribution in [0.3, 0.4) is 0 Å². The van der Waals surface area contributed by atoms with Crippen LogP contribution in [0.15, 0.2) is 0 Å². The zero-order chi connectivity index (χ0) is 17.5. The van der Waals surface area contributed by atoms with Crippen LogP contribution in [0.4, 0.5) is 0 Å². The van der Waals surface area contributed by atoms with Gasteiger partial charge in [0, 0.05) is 0 Å². The van der Waals surface area contributed by atoms with Crippen LogP contribution in [-0.2, 0) is 19.0 Å². The third-order valence-corrected chi connectivity index (χ3v) is 3.90. The molecular weight excluding hydrogens is 320 g/mol. The van der Waals surface area contributed by atoms with E-state index in [1.165, 1.54) is 6.92 Å². The van der Waals surface area contributed by atoms with Gasteiger partial charge in [0.25, 0.3) is 0 Å². The summed E-state index contributed by atoms with van der Waals surface area (Å²) in [5.41, 5.74) is 0. The Labute approximate surface area is 130 Å². The fourth-order valence-corrected chi connectivity index (χ4v) is 2.49. The van der Waals surface area contributed by atoms with Gasteiger partial charge in [-0.1, -0.05) is 0 Å². The molecule has 2 rings (SSSR count). The highest BCUT2D eigenvalue weighted by Gasteiger charge is 2.51. The molecule has 0 saturated carbocycles. The predicted octanol–water partition coefficient (Wildman–Crippen LogP) is -4.28. The number of ether oxygens (including phenoxy) is 3. The van der Waals surface area contributed by atoms with Gasteiger partial charge < -0.3 is 50.0 Å². The van der Waals surface area contributed by atoms with Crippen molar-refractivity contribution in [3.8, 4) is 0 Å². The molecule has 0 aromatic rings. The Bertz CT molecular complexity index is 417.